The van der Waals surface area contributed by atoms with Gasteiger partial charge in [-0.25, -0.2) is 4.98 Å². The van der Waals surface area contributed by atoms with Gasteiger partial charge in [0.25, 0.3) is 11.8 Å². The summed E-state index contributed by atoms with van der Waals surface area (Å²) in [5.74, 6) is 0.409. The smallest absolute Gasteiger partial charge is 0.261 e. The van der Waals surface area contributed by atoms with E-state index < -0.39 is 0 Å². The van der Waals surface area contributed by atoms with Crippen LogP contribution in [0.25, 0.3) is 0 Å². The summed E-state index contributed by atoms with van der Waals surface area (Å²) >= 11 is 0. The molecule has 3 heterocycles. The number of oxazole rings is 1. The molecule has 0 fully saturated rings. The molecule has 0 radical (unpaired) electrons. The van der Waals surface area contributed by atoms with E-state index in [9.17, 15) is 14.9 Å². The number of carbonyl (C=O) groups excluding carboxylic acids is 2. The third-order valence-corrected chi connectivity index (χ3v) is 5.83. The molecule has 7 heteroatoms. The van der Waals surface area contributed by atoms with Gasteiger partial charge in [0.1, 0.15) is 6.07 Å². The van der Waals surface area contributed by atoms with Crippen LogP contribution < -0.4 is 4.90 Å². The Morgan fingerprint density at radius 3 is 2.39 bits per heavy atom. The Kier molecular flexibility index (Phi) is 4.75. The number of aromatic nitrogens is 1. The van der Waals surface area contributed by atoms with Gasteiger partial charge in [-0.2, -0.15) is 5.26 Å². The molecule has 2 aliphatic rings. The highest BCUT2D eigenvalue weighted by molar-refractivity contribution is 6.21. The molecule has 0 saturated carbocycles. The quantitative estimate of drug-likeness (QED) is 0.597. The number of amides is 2. The Bertz CT molecular complexity index is 1190. The van der Waals surface area contributed by atoms with Gasteiger partial charge in [-0.1, -0.05) is 36.4 Å². The van der Waals surface area contributed by atoms with Gasteiger partial charge < -0.3 is 9.32 Å². The van der Waals surface area contributed by atoms with Gasteiger partial charge in [0.15, 0.2) is 5.89 Å². The van der Waals surface area contributed by atoms with E-state index in [1.165, 1.54) is 16.0 Å². The molecular formula is C24H20N4O3. The van der Waals surface area contributed by atoms with Crippen LogP contribution in [0.1, 0.15) is 49.8 Å². The van der Waals surface area contributed by atoms with Gasteiger partial charge in [0, 0.05) is 26.1 Å². The van der Waals surface area contributed by atoms with Crippen molar-refractivity contribution in [1.29, 1.82) is 5.26 Å². The molecule has 3 aromatic rings. The van der Waals surface area contributed by atoms with E-state index in [0.29, 0.717) is 42.3 Å². The maximum Gasteiger partial charge on any atom is 0.261 e. The number of anilines is 1. The summed E-state index contributed by atoms with van der Waals surface area (Å²) in [6.07, 6.45) is 1.84. The third-order valence-electron chi connectivity index (χ3n) is 5.83. The molecule has 5 rings (SSSR count). The molecule has 0 aliphatic carbocycles. The van der Waals surface area contributed by atoms with Gasteiger partial charge in [-0.3, -0.25) is 14.5 Å². The second-order valence-corrected chi connectivity index (χ2v) is 7.72. The number of nitriles is 1. The van der Waals surface area contributed by atoms with Crippen molar-refractivity contribution in [3.8, 4) is 6.07 Å². The monoisotopic (exact) mass is 412 g/mol. The number of fused-ring (bicyclic) bond motifs is 2. The Balaban J connectivity index is 1.26. The summed E-state index contributed by atoms with van der Waals surface area (Å²) in [4.78, 5) is 32.6. The second-order valence-electron chi connectivity index (χ2n) is 7.72. The summed E-state index contributed by atoms with van der Waals surface area (Å²) in [6, 6.07) is 17.3. The molecule has 0 unspecified atom stereocenters. The second kappa shape index (κ2) is 7.73. The number of imide groups is 1. The topological polar surface area (TPSA) is 90.4 Å². The van der Waals surface area contributed by atoms with Crippen LogP contribution in [0, 0.1) is 11.3 Å². The Hall–Kier alpha value is -3.92. The van der Waals surface area contributed by atoms with Crippen molar-refractivity contribution in [1.82, 2.24) is 9.88 Å². The first-order valence-electron chi connectivity index (χ1n) is 10.3. The van der Waals surface area contributed by atoms with Crippen LogP contribution in [0.4, 0.5) is 5.88 Å². The highest BCUT2D eigenvalue weighted by Crippen LogP contribution is 2.29. The lowest BCUT2D eigenvalue weighted by Gasteiger charge is -2.28. The fourth-order valence-electron chi connectivity index (χ4n) is 4.25. The lowest BCUT2D eigenvalue weighted by Crippen LogP contribution is -2.31. The van der Waals surface area contributed by atoms with Gasteiger partial charge in [-0.05, 0) is 36.1 Å². The summed E-state index contributed by atoms with van der Waals surface area (Å²) in [5.41, 5.74) is 3.71. The molecule has 0 N–H and O–H groups in total. The minimum Gasteiger partial charge on any atom is -0.424 e. The van der Waals surface area contributed by atoms with Crippen LogP contribution in [0.2, 0.25) is 0 Å². The Morgan fingerprint density at radius 2 is 1.68 bits per heavy atom. The van der Waals surface area contributed by atoms with E-state index in [4.69, 9.17) is 4.42 Å². The van der Waals surface area contributed by atoms with E-state index in [2.05, 4.69) is 23.2 Å². The number of carbonyl (C=O) groups is 2. The van der Waals surface area contributed by atoms with Crippen LogP contribution in [0.3, 0.4) is 0 Å². The molecule has 0 spiro atoms. The highest BCUT2D eigenvalue weighted by Gasteiger charge is 2.34. The number of hydrogen-bond donors (Lipinski definition) is 0. The van der Waals surface area contributed by atoms with Gasteiger partial charge >= 0.3 is 0 Å². The van der Waals surface area contributed by atoms with Crippen LogP contribution in [-0.2, 0) is 19.4 Å². The first-order valence-corrected chi connectivity index (χ1v) is 10.3. The van der Waals surface area contributed by atoms with Crippen LogP contribution in [0.5, 0.6) is 0 Å². The highest BCUT2D eigenvalue weighted by atomic mass is 16.4. The van der Waals surface area contributed by atoms with Crippen LogP contribution in [0.15, 0.2) is 52.9 Å². The summed E-state index contributed by atoms with van der Waals surface area (Å²) < 4.78 is 5.94. The van der Waals surface area contributed by atoms with Crippen molar-refractivity contribution in [2.24, 2.45) is 0 Å². The molecule has 154 valence electrons. The van der Waals surface area contributed by atoms with Crippen molar-refractivity contribution < 1.29 is 14.0 Å². The molecule has 2 aliphatic heterocycles. The zero-order chi connectivity index (χ0) is 21.4. The number of benzene rings is 2. The lowest BCUT2D eigenvalue weighted by atomic mass is 10.00. The summed E-state index contributed by atoms with van der Waals surface area (Å²) in [7, 11) is 0. The van der Waals surface area contributed by atoms with Gasteiger partial charge in [0.05, 0.1) is 11.1 Å². The fourth-order valence-corrected chi connectivity index (χ4v) is 4.25. The van der Waals surface area contributed by atoms with Crippen molar-refractivity contribution in [3.05, 3.63) is 82.4 Å². The number of aryl methyl sites for hydroxylation is 1. The molecule has 1 aromatic heterocycles. The van der Waals surface area contributed by atoms with E-state index >= 15 is 0 Å². The largest absolute Gasteiger partial charge is 0.424 e. The van der Waals surface area contributed by atoms with Crippen molar-refractivity contribution >= 4 is 17.7 Å². The SMILES string of the molecule is N#Cc1nc(CCCN2C(=O)c3ccccc3C2=O)oc1N1CCc2ccccc2C1. The summed E-state index contributed by atoms with van der Waals surface area (Å²) in [5, 5.41) is 9.53. The zero-order valence-electron chi connectivity index (χ0n) is 16.9. The zero-order valence-corrected chi connectivity index (χ0v) is 16.9. The molecule has 2 aromatic carbocycles. The van der Waals surface area contributed by atoms with Crippen LogP contribution >= 0.6 is 0 Å². The van der Waals surface area contributed by atoms with Crippen molar-refractivity contribution in [2.75, 3.05) is 18.0 Å². The average molecular weight is 412 g/mol. The predicted octanol–water partition coefficient (Wildman–Crippen LogP) is 3.34. The van der Waals surface area contributed by atoms with Crippen molar-refractivity contribution in [2.45, 2.75) is 25.8 Å². The van der Waals surface area contributed by atoms with Gasteiger partial charge in [0.2, 0.25) is 11.6 Å². The Labute approximate surface area is 179 Å². The maximum atomic E-state index is 12.5. The summed E-state index contributed by atoms with van der Waals surface area (Å²) in [6.45, 7) is 1.72. The van der Waals surface area contributed by atoms with E-state index in [1.54, 1.807) is 24.3 Å². The van der Waals surface area contributed by atoms with Crippen LogP contribution in [-0.4, -0.2) is 34.8 Å². The minimum atomic E-state index is -0.265. The van der Waals surface area contributed by atoms with Gasteiger partial charge in [-0.15, -0.1) is 0 Å². The fraction of sp³-hybridized carbons (Fsp3) is 0.250. The lowest BCUT2D eigenvalue weighted by molar-refractivity contribution is 0.0651. The molecule has 0 atom stereocenters. The number of nitrogens with zero attached hydrogens (tertiary/aromatic N) is 4. The first-order chi connectivity index (χ1) is 15.2. The molecular weight excluding hydrogens is 392 g/mol. The average Bonchev–Trinajstić information content (AvgIpc) is 3.33. The first kappa shape index (κ1) is 19.1. The number of hydrogen-bond acceptors (Lipinski definition) is 6. The van der Waals surface area contributed by atoms with Crippen molar-refractivity contribution in [3.63, 3.8) is 0 Å². The molecule has 0 bridgehead atoms. The predicted molar refractivity (Wildman–Crippen MR) is 113 cm³/mol. The van der Waals surface area contributed by atoms with E-state index in [-0.39, 0.29) is 24.1 Å². The standard InChI is InChI=1S/C24H20N4O3/c25-14-20-24(27-13-11-16-6-1-2-7-17(16)15-27)31-21(26-20)10-5-12-28-22(29)18-8-3-4-9-19(18)23(28)30/h1-4,6-9H,5,10-13,15H2. The third kappa shape index (κ3) is 3.36. The maximum absolute atomic E-state index is 12.5. The molecule has 2 amide bonds. The van der Waals surface area contributed by atoms with E-state index in [0.717, 1.165) is 13.0 Å². The normalized spacial score (nSPS) is 15.1. The molecule has 7 nitrogen and oxygen atoms in total. The molecule has 0 saturated heterocycles. The van der Waals surface area contributed by atoms with E-state index in [1.807, 2.05) is 17.0 Å². The Morgan fingerprint density at radius 1 is 1.00 bits per heavy atom. The minimum absolute atomic E-state index is 0.265. The number of rotatable bonds is 5. The molecule has 31 heavy (non-hydrogen) atoms.